The average Bonchev–Trinajstić information content (AvgIpc) is 2.55. The normalized spacial score (nSPS) is 85.9. The maximum atomic E-state index is 9.38. The molecular formula is C9H11BrO. The molecule has 1 nitrogen and oxygen atoms in total. The molecule has 5 rings (SSSR count). The summed E-state index contributed by atoms with van der Waals surface area (Å²) in [6.07, 6.45) is 1.40. The van der Waals surface area contributed by atoms with Gasteiger partial charge in [-0.25, -0.2) is 0 Å². The summed E-state index contributed by atoms with van der Waals surface area (Å²) in [6.45, 7) is 2.80. The highest BCUT2D eigenvalue weighted by Gasteiger charge is 3.08. The molecule has 0 aromatic carbocycles. The number of rotatable bonds is 1. The van der Waals surface area contributed by atoms with Crippen molar-refractivity contribution in [3.8, 4) is 0 Å². The summed E-state index contributed by atoms with van der Waals surface area (Å²) in [4.78, 5) is 0. The largest absolute Gasteiger partial charge is 0.396 e. The first kappa shape index (κ1) is 5.98. The van der Waals surface area contributed by atoms with Gasteiger partial charge < -0.3 is 5.11 Å². The Balaban J connectivity index is 1.98. The van der Waals surface area contributed by atoms with Gasteiger partial charge in [-0.15, -0.1) is 0 Å². The second-order valence-electron chi connectivity index (χ2n) is 5.05. The molecule has 0 aliphatic heterocycles. The summed E-state index contributed by atoms with van der Waals surface area (Å²) in [5.41, 5.74) is 0.908. The Kier molecular flexibility index (Phi) is 0.584. The first-order valence-electron chi connectivity index (χ1n) is 4.45. The SMILES string of the molecule is CC12C3CC4C(Br)(C31)C42CO. The van der Waals surface area contributed by atoms with Crippen molar-refractivity contribution < 1.29 is 5.11 Å². The van der Waals surface area contributed by atoms with E-state index in [1.54, 1.807) is 0 Å². The molecule has 11 heavy (non-hydrogen) atoms. The minimum atomic E-state index is 0.343. The van der Waals surface area contributed by atoms with Gasteiger partial charge in [0.1, 0.15) is 0 Å². The Morgan fingerprint density at radius 1 is 1.64 bits per heavy atom. The number of halogens is 1. The molecule has 5 fully saturated rings. The van der Waals surface area contributed by atoms with Gasteiger partial charge in [0.2, 0.25) is 0 Å². The zero-order valence-electron chi connectivity index (χ0n) is 6.47. The average molecular weight is 215 g/mol. The smallest absolute Gasteiger partial charge is 0.0509 e. The molecule has 0 spiro atoms. The fourth-order valence-corrected chi connectivity index (χ4v) is 7.24. The van der Waals surface area contributed by atoms with E-state index in [1.807, 2.05) is 0 Å². The summed E-state index contributed by atoms with van der Waals surface area (Å²) >= 11 is 3.85. The van der Waals surface area contributed by atoms with Gasteiger partial charge >= 0.3 is 0 Å². The molecule has 0 saturated heterocycles. The maximum Gasteiger partial charge on any atom is 0.0509 e. The van der Waals surface area contributed by atoms with Crippen molar-refractivity contribution in [3.63, 3.8) is 0 Å². The first-order chi connectivity index (χ1) is 5.15. The lowest BCUT2D eigenvalue weighted by molar-refractivity contribution is 0.0843. The Labute approximate surface area is 74.3 Å². The van der Waals surface area contributed by atoms with Crippen LogP contribution in [0.15, 0.2) is 0 Å². The molecule has 0 aromatic heterocycles. The molecule has 2 heteroatoms. The van der Waals surface area contributed by atoms with Gasteiger partial charge in [0.15, 0.2) is 0 Å². The van der Waals surface area contributed by atoms with Crippen LogP contribution in [-0.4, -0.2) is 16.0 Å². The number of aliphatic hydroxyl groups excluding tert-OH is 1. The first-order valence-corrected chi connectivity index (χ1v) is 5.24. The minimum absolute atomic E-state index is 0.343. The van der Waals surface area contributed by atoms with Gasteiger partial charge in [-0.1, -0.05) is 22.9 Å². The highest BCUT2D eigenvalue weighted by Crippen LogP contribution is 3.08. The van der Waals surface area contributed by atoms with E-state index in [0.29, 0.717) is 21.8 Å². The molecule has 2 bridgehead atoms. The predicted octanol–water partition coefficient (Wildman–Crippen LogP) is 1.40. The Morgan fingerprint density at radius 3 is 2.55 bits per heavy atom. The van der Waals surface area contributed by atoms with Crippen molar-refractivity contribution in [1.29, 1.82) is 0 Å². The third-order valence-corrected chi connectivity index (χ3v) is 7.32. The van der Waals surface area contributed by atoms with E-state index in [-0.39, 0.29) is 0 Å². The van der Waals surface area contributed by atoms with E-state index >= 15 is 0 Å². The van der Waals surface area contributed by atoms with Crippen molar-refractivity contribution in [2.24, 2.45) is 28.6 Å². The lowest BCUT2D eigenvalue weighted by Crippen LogP contribution is -2.40. The van der Waals surface area contributed by atoms with Crippen molar-refractivity contribution in [2.45, 2.75) is 17.7 Å². The second-order valence-corrected chi connectivity index (χ2v) is 6.36. The third-order valence-electron chi connectivity index (χ3n) is 5.56. The Morgan fingerprint density at radius 2 is 2.36 bits per heavy atom. The molecule has 6 unspecified atom stereocenters. The van der Waals surface area contributed by atoms with Crippen LogP contribution in [-0.2, 0) is 0 Å². The molecule has 0 radical (unpaired) electrons. The topological polar surface area (TPSA) is 20.2 Å². The van der Waals surface area contributed by atoms with Gasteiger partial charge in [-0.3, -0.25) is 0 Å². The second kappa shape index (κ2) is 1.07. The monoisotopic (exact) mass is 214 g/mol. The predicted molar refractivity (Wildman–Crippen MR) is 44.4 cm³/mol. The van der Waals surface area contributed by atoms with Gasteiger partial charge in [0, 0.05) is 9.74 Å². The number of aliphatic hydroxyl groups is 1. The Hall–Kier alpha value is 0.440. The molecule has 0 aromatic rings. The van der Waals surface area contributed by atoms with Gasteiger partial charge in [0.25, 0.3) is 0 Å². The molecule has 5 aliphatic rings. The molecule has 0 amide bonds. The van der Waals surface area contributed by atoms with Crippen LogP contribution < -0.4 is 0 Å². The summed E-state index contributed by atoms with van der Waals surface area (Å²) in [6, 6.07) is 0. The van der Waals surface area contributed by atoms with Crippen molar-refractivity contribution in [1.82, 2.24) is 0 Å². The van der Waals surface area contributed by atoms with Crippen LogP contribution in [0.2, 0.25) is 0 Å². The minimum Gasteiger partial charge on any atom is -0.396 e. The maximum absolute atomic E-state index is 9.38. The third kappa shape index (κ3) is 0.242. The van der Waals surface area contributed by atoms with E-state index in [0.717, 1.165) is 17.8 Å². The van der Waals surface area contributed by atoms with E-state index in [1.165, 1.54) is 6.42 Å². The number of alkyl halides is 1. The zero-order chi connectivity index (χ0) is 7.65. The lowest BCUT2D eigenvalue weighted by atomic mass is 9.74. The van der Waals surface area contributed by atoms with Crippen molar-refractivity contribution in [3.05, 3.63) is 0 Å². The highest BCUT2D eigenvalue weighted by molar-refractivity contribution is 9.10. The summed E-state index contributed by atoms with van der Waals surface area (Å²) < 4.78 is 0.425. The highest BCUT2D eigenvalue weighted by atomic mass is 79.9. The molecule has 5 saturated carbocycles. The molecule has 60 valence electrons. The summed E-state index contributed by atoms with van der Waals surface area (Å²) in [5.74, 6) is 2.74. The lowest BCUT2D eigenvalue weighted by Gasteiger charge is -2.36. The summed E-state index contributed by atoms with van der Waals surface area (Å²) in [7, 11) is 0. The van der Waals surface area contributed by atoms with Crippen molar-refractivity contribution in [2.75, 3.05) is 6.61 Å². The van der Waals surface area contributed by atoms with Crippen LogP contribution in [0, 0.1) is 28.6 Å². The fourth-order valence-electron chi connectivity index (χ4n) is 5.16. The van der Waals surface area contributed by atoms with E-state index in [2.05, 4.69) is 22.9 Å². The standard InChI is InChI=1S/C9H11BrO/c1-7-4-2-5-8(7,3-11)9(5,10)6(4)7/h4-6,11H,2-3H2,1H3. The molecule has 6 atom stereocenters. The number of hydrogen-bond acceptors (Lipinski definition) is 1. The van der Waals surface area contributed by atoms with E-state index in [4.69, 9.17) is 0 Å². The van der Waals surface area contributed by atoms with Crippen LogP contribution in [0.25, 0.3) is 0 Å². The molecule has 1 N–H and O–H groups in total. The van der Waals surface area contributed by atoms with Gasteiger partial charge in [-0.05, 0) is 29.6 Å². The van der Waals surface area contributed by atoms with E-state index < -0.39 is 0 Å². The zero-order valence-corrected chi connectivity index (χ0v) is 8.06. The summed E-state index contributed by atoms with van der Waals surface area (Å²) in [5, 5.41) is 9.38. The molecule has 0 heterocycles. The van der Waals surface area contributed by atoms with Crippen LogP contribution in [0.1, 0.15) is 13.3 Å². The van der Waals surface area contributed by atoms with E-state index in [9.17, 15) is 5.11 Å². The van der Waals surface area contributed by atoms with Crippen LogP contribution in [0.5, 0.6) is 0 Å². The van der Waals surface area contributed by atoms with Crippen LogP contribution >= 0.6 is 15.9 Å². The molecular weight excluding hydrogens is 204 g/mol. The molecule has 5 aliphatic carbocycles. The Bertz CT molecular complexity index is 279. The number of hydrogen-bond donors (Lipinski definition) is 1. The van der Waals surface area contributed by atoms with Crippen LogP contribution in [0.3, 0.4) is 0 Å². The van der Waals surface area contributed by atoms with Gasteiger partial charge in [-0.2, -0.15) is 0 Å². The fraction of sp³-hybridized carbons (Fsp3) is 1.00. The van der Waals surface area contributed by atoms with Crippen LogP contribution in [0.4, 0.5) is 0 Å². The quantitative estimate of drug-likeness (QED) is 0.655. The van der Waals surface area contributed by atoms with Crippen molar-refractivity contribution >= 4 is 15.9 Å². The van der Waals surface area contributed by atoms with Gasteiger partial charge in [0.05, 0.1) is 6.61 Å².